The summed E-state index contributed by atoms with van der Waals surface area (Å²) in [6.45, 7) is 0.0721. The molecule has 0 fully saturated rings. The summed E-state index contributed by atoms with van der Waals surface area (Å²) >= 11 is 0. The molecule has 0 aliphatic rings. The first kappa shape index (κ1) is 18.6. The molecule has 0 atom stereocenters. The van der Waals surface area contributed by atoms with Crippen molar-refractivity contribution in [3.8, 4) is 5.75 Å². The molecule has 2 N–H and O–H groups in total. The molecular weight excluding hydrogens is 344 g/mol. The molecule has 0 aliphatic heterocycles. The zero-order valence-electron chi connectivity index (χ0n) is 13.8. The Morgan fingerprint density at radius 2 is 1.72 bits per heavy atom. The van der Waals surface area contributed by atoms with Gasteiger partial charge in [0.1, 0.15) is 12.4 Å². The van der Waals surface area contributed by atoms with Crippen LogP contribution in [0.5, 0.6) is 5.75 Å². The van der Waals surface area contributed by atoms with Crippen LogP contribution in [0.2, 0.25) is 0 Å². The molecule has 0 unspecified atom stereocenters. The van der Waals surface area contributed by atoms with E-state index >= 15 is 0 Å². The molecule has 2 aromatic rings. The van der Waals surface area contributed by atoms with Crippen molar-refractivity contribution in [2.45, 2.75) is 6.61 Å². The van der Waals surface area contributed by atoms with Crippen LogP contribution in [0.1, 0.15) is 5.56 Å². The van der Waals surface area contributed by atoms with Crippen LogP contribution in [0.25, 0.3) is 0 Å². The number of alkyl carbamates (subject to hydrolysis) is 1. The molecule has 0 spiro atoms. The third kappa shape index (κ3) is 6.72. The Kier molecular flexibility index (Phi) is 6.64. The van der Waals surface area contributed by atoms with Crippen molar-refractivity contribution in [1.82, 2.24) is 5.32 Å². The Labute approximate surface area is 147 Å². The van der Waals surface area contributed by atoms with Crippen molar-refractivity contribution < 1.29 is 22.7 Å². The number of anilines is 1. The van der Waals surface area contributed by atoms with Crippen LogP contribution >= 0.6 is 0 Å². The summed E-state index contributed by atoms with van der Waals surface area (Å²) in [5, 5.41) is 2.41. The second kappa shape index (κ2) is 8.93. The van der Waals surface area contributed by atoms with Crippen LogP contribution in [0.4, 0.5) is 10.5 Å². The minimum Gasteiger partial charge on any atom is -0.497 e. The van der Waals surface area contributed by atoms with Crippen LogP contribution < -0.4 is 14.8 Å². The minimum absolute atomic E-state index is 0.0564. The van der Waals surface area contributed by atoms with E-state index in [0.717, 1.165) is 5.56 Å². The molecule has 0 saturated carbocycles. The van der Waals surface area contributed by atoms with Crippen molar-refractivity contribution in [3.63, 3.8) is 0 Å². The molecular formula is C17H20N2O5S. The van der Waals surface area contributed by atoms with Crippen molar-refractivity contribution in [2.75, 3.05) is 24.1 Å². The summed E-state index contributed by atoms with van der Waals surface area (Å²) in [4.78, 5) is 11.6. The molecule has 7 nitrogen and oxygen atoms in total. The lowest BCUT2D eigenvalue weighted by molar-refractivity contribution is 0.140. The zero-order valence-corrected chi connectivity index (χ0v) is 14.6. The number of hydrogen-bond acceptors (Lipinski definition) is 5. The molecule has 25 heavy (non-hydrogen) atoms. The third-order valence-corrected chi connectivity index (χ3v) is 4.50. The largest absolute Gasteiger partial charge is 0.497 e. The van der Waals surface area contributed by atoms with Gasteiger partial charge < -0.3 is 14.8 Å². The number of ether oxygens (including phenoxy) is 2. The van der Waals surface area contributed by atoms with Gasteiger partial charge in [-0.25, -0.2) is 13.2 Å². The fraction of sp³-hybridized carbons (Fsp3) is 0.235. The predicted molar refractivity (Wildman–Crippen MR) is 95.0 cm³/mol. The van der Waals surface area contributed by atoms with Crippen LogP contribution in [-0.4, -0.2) is 33.9 Å². The van der Waals surface area contributed by atoms with E-state index in [2.05, 4.69) is 10.0 Å². The summed E-state index contributed by atoms with van der Waals surface area (Å²) in [6.07, 6.45) is -0.663. The fourth-order valence-corrected chi connectivity index (χ4v) is 2.92. The summed E-state index contributed by atoms with van der Waals surface area (Å²) in [5.41, 5.74) is 1.28. The second-order valence-electron chi connectivity index (χ2n) is 5.14. The maximum absolute atomic E-state index is 12.0. The van der Waals surface area contributed by atoms with Crippen molar-refractivity contribution >= 4 is 21.8 Å². The highest BCUT2D eigenvalue weighted by atomic mass is 32.2. The van der Waals surface area contributed by atoms with Gasteiger partial charge in [-0.3, -0.25) is 4.72 Å². The highest BCUT2D eigenvalue weighted by Gasteiger charge is 2.12. The van der Waals surface area contributed by atoms with E-state index in [1.807, 2.05) is 30.3 Å². The predicted octanol–water partition coefficient (Wildman–Crippen LogP) is 2.36. The maximum atomic E-state index is 12.0. The van der Waals surface area contributed by atoms with E-state index in [-0.39, 0.29) is 18.9 Å². The Morgan fingerprint density at radius 3 is 2.36 bits per heavy atom. The molecule has 134 valence electrons. The number of methoxy groups -OCH3 is 1. The molecule has 8 heteroatoms. The first-order chi connectivity index (χ1) is 12.0. The number of sulfonamides is 1. The van der Waals surface area contributed by atoms with E-state index in [4.69, 9.17) is 9.47 Å². The van der Waals surface area contributed by atoms with Crippen molar-refractivity contribution in [1.29, 1.82) is 0 Å². The number of rotatable bonds is 8. The van der Waals surface area contributed by atoms with Gasteiger partial charge in [0, 0.05) is 12.2 Å². The van der Waals surface area contributed by atoms with Gasteiger partial charge in [-0.15, -0.1) is 0 Å². The number of amides is 1. The first-order valence-corrected chi connectivity index (χ1v) is 9.23. The fourth-order valence-electron chi connectivity index (χ4n) is 1.95. The summed E-state index contributed by atoms with van der Waals surface area (Å²) < 4.78 is 36.4. The van der Waals surface area contributed by atoms with Gasteiger partial charge in [0.05, 0.1) is 12.9 Å². The lowest BCUT2D eigenvalue weighted by atomic mass is 10.2. The minimum atomic E-state index is -3.58. The molecule has 0 heterocycles. The average Bonchev–Trinajstić information content (AvgIpc) is 2.61. The molecule has 0 bridgehead atoms. The molecule has 1 amide bonds. The van der Waals surface area contributed by atoms with Gasteiger partial charge in [0.25, 0.3) is 0 Å². The Bertz CT molecular complexity index is 776. The Hall–Kier alpha value is -2.74. The monoisotopic (exact) mass is 364 g/mol. The van der Waals surface area contributed by atoms with Gasteiger partial charge in [-0.2, -0.15) is 0 Å². The Morgan fingerprint density at radius 1 is 1.04 bits per heavy atom. The molecule has 0 saturated heterocycles. The summed E-state index contributed by atoms with van der Waals surface area (Å²) in [5.74, 6) is 0.366. The van der Waals surface area contributed by atoms with Crippen LogP contribution in [0.3, 0.4) is 0 Å². The molecule has 2 rings (SSSR count). The molecule has 2 aromatic carbocycles. The van der Waals surface area contributed by atoms with E-state index in [1.165, 1.54) is 7.11 Å². The van der Waals surface area contributed by atoms with Gasteiger partial charge >= 0.3 is 6.09 Å². The number of carbonyl (C=O) groups is 1. The average molecular weight is 364 g/mol. The highest BCUT2D eigenvalue weighted by molar-refractivity contribution is 7.92. The van der Waals surface area contributed by atoms with Gasteiger partial charge in [-0.05, 0) is 29.8 Å². The summed E-state index contributed by atoms with van der Waals surface area (Å²) in [6, 6.07) is 15.7. The normalized spacial score (nSPS) is 10.8. The smallest absolute Gasteiger partial charge is 0.407 e. The first-order valence-electron chi connectivity index (χ1n) is 7.57. The highest BCUT2D eigenvalue weighted by Crippen LogP contribution is 2.16. The van der Waals surface area contributed by atoms with Gasteiger partial charge in [0.15, 0.2) is 0 Å². The third-order valence-electron chi connectivity index (χ3n) is 3.22. The van der Waals surface area contributed by atoms with E-state index < -0.39 is 16.1 Å². The summed E-state index contributed by atoms with van der Waals surface area (Å²) in [7, 11) is -2.05. The number of nitrogens with one attached hydrogen (secondary N) is 2. The van der Waals surface area contributed by atoms with Crippen LogP contribution in [-0.2, 0) is 21.4 Å². The van der Waals surface area contributed by atoms with E-state index in [1.54, 1.807) is 24.3 Å². The van der Waals surface area contributed by atoms with E-state index in [0.29, 0.717) is 11.4 Å². The zero-order chi connectivity index (χ0) is 18.1. The molecule has 0 aliphatic carbocycles. The van der Waals surface area contributed by atoms with Crippen molar-refractivity contribution in [3.05, 3.63) is 60.2 Å². The van der Waals surface area contributed by atoms with Gasteiger partial charge in [0.2, 0.25) is 10.0 Å². The topological polar surface area (TPSA) is 93.7 Å². The number of carbonyl (C=O) groups excluding carboxylic acids is 1. The standard InChI is InChI=1S/C17H20N2O5S/c1-23-16-9-7-15(8-10-16)19-25(21,22)12-11-18-17(20)24-13-14-5-3-2-4-6-14/h2-10,19H,11-13H2,1H3,(H,18,20). The second-order valence-corrected chi connectivity index (χ2v) is 6.98. The van der Waals surface area contributed by atoms with Crippen molar-refractivity contribution in [2.24, 2.45) is 0 Å². The molecule has 0 radical (unpaired) electrons. The number of benzene rings is 2. The van der Waals surface area contributed by atoms with E-state index in [9.17, 15) is 13.2 Å². The van der Waals surface area contributed by atoms with Gasteiger partial charge in [-0.1, -0.05) is 30.3 Å². The maximum Gasteiger partial charge on any atom is 0.407 e. The molecule has 0 aromatic heterocycles. The quantitative estimate of drug-likeness (QED) is 0.750. The lowest BCUT2D eigenvalue weighted by Gasteiger charge is -2.10. The van der Waals surface area contributed by atoms with Crippen LogP contribution in [0, 0.1) is 0 Å². The Balaban J connectivity index is 1.72. The lowest BCUT2D eigenvalue weighted by Crippen LogP contribution is -2.31. The van der Waals surface area contributed by atoms with Crippen LogP contribution in [0.15, 0.2) is 54.6 Å². The SMILES string of the molecule is COc1ccc(NS(=O)(=O)CCNC(=O)OCc2ccccc2)cc1. The number of hydrogen-bond donors (Lipinski definition) is 2.